The van der Waals surface area contributed by atoms with E-state index in [1.807, 2.05) is 0 Å². The molecule has 4 heteroatoms. The Bertz CT molecular complexity index is 342. The number of nitrogens with zero attached hydrogens (tertiary/aromatic N) is 1. The van der Waals surface area contributed by atoms with Gasteiger partial charge in [0.05, 0.1) is 6.20 Å². The smallest absolute Gasteiger partial charge is 0.164 e. The number of ketones is 1. The van der Waals surface area contributed by atoms with Gasteiger partial charge in [0.15, 0.2) is 5.78 Å². The average Bonchev–Trinajstić information content (AvgIpc) is 2.28. The van der Waals surface area contributed by atoms with Gasteiger partial charge in [0.1, 0.15) is 5.82 Å². The predicted octanol–water partition coefficient (Wildman–Crippen LogP) is 2.31. The third-order valence-corrected chi connectivity index (χ3v) is 2.38. The fourth-order valence-electron chi connectivity index (χ4n) is 1.49. The number of carbonyl (C=O) groups excluding carboxylic acids is 1. The van der Waals surface area contributed by atoms with Crippen molar-refractivity contribution in [1.82, 2.24) is 4.98 Å². The van der Waals surface area contributed by atoms with Gasteiger partial charge in [0.25, 0.3) is 0 Å². The Morgan fingerprint density at radius 1 is 1.25 bits per heavy atom. The van der Waals surface area contributed by atoms with Gasteiger partial charge in [-0.25, -0.2) is 4.39 Å². The number of hydrogen-bond acceptors (Lipinski definition) is 3. The normalized spacial score (nSPS) is 10.4. The van der Waals surface area contributed by atoms with Crippen molar-refractivity contribution in [3.8, 4) is 0 Å². The lowest BCUT2D eigenvalue weighted by atomic mass is 10.1. The summed E-state index contributed by atoms with van der Waals surface area (Å²) >= 11 is 0. The Morgan fingerprint density at radius 2 is 2.00 bits per heavy atom. The first-order valence-corrected chi connectivity index (χ1v) is 5.58. The molecule has 1 rings (SSSR count). The SMILES string of the molecule is NCCCCCCC(=O)c1cncc(F)c1. The quantitative estimate of drug-likeness (QED) is 0.571. The van der Waals surface area contributed by atoms with Crippen molar-refractivity contribution in [3.63, 3.8) is 0 Å². The van der Waals surface area contributed by atoms with Gasteiger partial charge in [-0.3, -0.25) is 9.78 Å². The molecule has 1 aromatic heterocycles. The first-order valence-electron chi connectivity index (χ1n) is 5.58. The molecule has 0 unspecified atom stereocenters. The number of carbonyl (C=O) groups is 1. The lowest BCUT2D eigenvalue weighted by molar-refractivity contribution is 0.0978. The zero-order valence-electron chi connectivity index (χ0n) is 9.29. The van der Waals surface area contributed by atoms with Gasteiger partial charge in [-0.1, -0.05) is 12.8 Å². The molecule has 0 atom stereocenters. The van der Waals surface area contributed by atoms with E-state index in [0.29, 0.717) is 18.5 Å². The van der Waals surface area contributed by atoms with Gasteiger partial charge in [0, 0.05) is 18.2 Å². The van der Waals surface area contributed by atoms with Gasteiger partial charge in [-0.2, -0.15) is 0 Å². The second-order valence-corrected chi connectivity index (χ2v) is 3.77. The van der Waals surface area contributed by atoms with Crippen LogP contribution in [0.3, 0.4) is 0 Å². The Morgan fingerprint density at radius 3 is 2.69 bits per heavy atom. The number of pyridine rings is 1. The number of unbranched alkanes of at least 4 members (excludes halogenated alkanes) is 3. The highest BCUT2D eigenvalue weighted by Gasteiger charge is 2.06. The molecule has 0 aliphatic heterocycles. The van der Waals surface area contributed by atoms with Crippen LogP contribution in [0.25, 0.3) is 0 Å². The molecule has 0 spiro atoms. The second kappa shape index (κ2) is 7.06. The number of aromatic nitrogens is 1. The highest BCUT2D eigenvalue weighted by Crippen LogP contribution is 2.09. The highest BCUT2D eigenvalue weighted by molar-refractivity contribution is 5.95. The van der Waals surface area contributed by atoms with Crippen LogP contribution in [0.15, 0.2) is 18.5 Å². The van der Waals surface area contributed by atoms with Crippen LogP contribution in [0.2, 0.25) is 0 Å². The van der Waals surface area contributed by atoms with E-state index >= 15 is 0 Å². The number of hydrogen-bond donors (Lipinski definition) is 1. The van der Waals surface area contributed by atoms with Gasteiger partial charge < -0.3 is 5.73 Å². The number of nitrogens with two attached hydrogens (primary N) is 1. The van der Waals surface area contributed by atoms with E-state index < -0.39 is 5.82 Å². The fraction of sp³-hybridized carbons (Fsp3) is 0.500. The zero-order chi connectivity index (χ0) is 11.8. The topological polar surface area (TPSA) is 56.0 Å². The van der Waals surface area contributed by atoms with Crippen LogP contribution in [0.1, 0.15) is 42.5 Å². The van der Waals surface area contributed by atoms with Gasteiger partial charge in [-0.05, 0) is 25.5 Å². The van der Waals surface area contributed by atoms with Crippen molar-refractivity contribution >= 4 is 5.78 Å². The van der Waals surface area contributed by atoms with Gasteiger partial charge in [-0.15, -0.1) is 0 Å². The summed E-state index contributed by atoms with van der Waals surface area (Å²) in [6, 6.07) is 1.23. The minimum atomic E-state index is -0.464. The van der Waals surface area contributed by atoms with Crippen LogP contribution >= 0.6 is 0 Å². The molecule has 16 heavy (non-hydrogen) atoms. The molecule has 1 heterocycles. The average molecular weight is 224 g/mol. The highest BCUT2D eigenvalue weighted by atomic mass is 19.1. The van der Waals surface area contributed by atoms with E-state index in [9.17, 15) is 9.18 Å². The first kappa shape index (κ1) is 12.8. The van der Waals surface area contributed by atoms with E-state index in [0.717, 1.165) is 31.9 Å². The minimum Gasteiger partial charge on any atom is -0.330 e. The van der Waals surface area contributed by atoms with E-state index in [1.165, 1.54) is 12.3 Å². The molecule has 3 nitrogen and oxygen atoms in total. The summed E-state index contributed by atoms with van der Waals surface area (Å²) in [7, 11) is 0. The summed E-state index contributed by atoms with van der Waals surface area (Å²) in [5, 5.41) is 0. The molecule has 88 valence electrons. The van der Waals surface area contributed by atoms with Crippen molar-refractivity contribution in [2.75, 3.05) is 6.54 Å². The molecule has 0 radical (unpaired) electrons. The van der Waals surface area contributed by atoms with Crippen molar-refractivity contribution in [2.24, 2.45) is 5.73 Å². The molecule has 0 fully saturated rings. The lowest BCUT2D eigenvalue weighted by Gasteiger charge is -2.01. The molecular weight excluding hydrogens is 207 g/mol. The molecule has 0 saturated heterocycles. The molecule has 0 amide bonds. The van der Waals surface area contributed by atoms with Gasteiger partial charge >= 0.3 is 0 Å². The minimum absolute atomic E-state index is 0.0419. The summed E-state index contributed by atoms with van der Waals surface area (Å²) < 4.78 is 12.8. The van der Waals surface area contributed by atoms with Crippen LogP contribution in [-0.4, -0.2) is 17.3 Å². The van der Waals surface area contributed by atoms with Gasteiger partial charge in [0.2, 0.25) is 0 Å². The lowest BCUT2D eigenvalue weighted by Crippen LogP contribution is -2.01. The monoisotopic (exact) mass is 224 g/mol. The maximum atomic E-state index is 12.8. The van der Waals surface area contributed by atoms with E-state index in [4.69, 9.17) is 5.73 Å². The summed E-state index contributed by atoms with van der Waals surface area (Å²) in [6.07, 6.45) is 6.82. The Labute approximate surface area is 94.9 Å². The largest absolute Gasteiger partial charge is 0.330 e. The number of rotatable bonds is 7. The second-order valence-electron chi connectivity index (χ2n) is 3.77. The molecule has 2 N–H and O–H groups in total. The fourth-order valence-corrected chi connectivity index (χ4v) is 1.49. The molecule has 1 aromatic rings. The van der Waals surface area contributed by atoms with Crippen LogP contribution in [-0.2, 0) is 0 Å². The Balaban J connectivity index is 2.30. The third-order valence-electron chi connectivity index (χ3n) is 2.38. The first-order chi connectivity index (χ1) is 7.74. The summed E-state index contributed by atoms with van der Waals surface area (Å²) in [5.74, 6) is -0.506. The third kappa shape index (κ3) is 4.49. The van der Waals surface area contributed by atoms with E-state index in [2.05, 4.69) is 4.98 Å². The molecule has 0 aromatic carbocycles. The van der Waals surface area contributed by atoms with Crippen molar-refractivity contribution < 1.29 is 9.18 Å². The molecule has 0 aliphatic rings. The van der Waals surface area contributed by atoms with E-state index in [1.54, 1.807) is 0 Å². The predicted molar refractivity (Wildman–Crippen MR) is 60.7 cm³/mol. The Kier molecular flexibility index (Phi) is 5.64. The van der Waals surface area contributed by atoms with Crippen LogP contribution < -0.4 is 5.73 Å². The summed E-state index contributed by atoms with van der Waals surface area (Å²) in [5.41, 5.74) is 5.72. The number of Topliss-reactive ketones (excluding diaryl/α,β-unsaturated/α-hetero) is 1. The van der Waals surface area contributed by atoms with Crippen LogP contribution in [0, 0.1) is 5.82 Å². The standard InChI is InChI=1S/C12H17FN2O/c13-11-7-10(8-15-9-11)12(16)5-3-1-2-4-6-14/h7-9H,1-6,14H2. The molecular formula is C12H17FN2O. The number of halogens is 1. The van der Waals surface area contributed by atoms with Crippen molar-refractivity contribution in [3.05, 3.63) is 29.8 Å². The molecule has 0 bridgehead atoms. The maximum Gasteiger partial charge on any atom is 0.164 e. The summed E-state index contributed by atoms with van der Waals surface area (Å²) in [6.45, 7) is 0.696. The summed E-state index contributed by atoms with van der Waals surface area (Å²) in [4.78, 5) is 15.2. The zero-order valence-corrected chi connectivity index (χ0v) is 9.29. The Hall–Kier alpha value is -1.29. The van der Waals surface area contributed by atoms with Crippen molar-refractivity contribution in [1.29, 1.82) is 0 Å². The van der Waals surface area contributed by atoms with E-state index in [-0.39, 0.29) is 5.78 Å². The molecule has 0 aliphatic carbocycles. The van der Waals surface area contributed by atoms with Crippen LogP contribution in [0.5, 0.6) is 0 Å². The maximum absolute atomic E-state index is 12.8. The van der Waals surface area contributed by atoms with Crippen LogP contribution in [0.4, 0.5) is 4.39 Å². The molecule has 0 saturated carbocycles. The van der Waals surface area contributed by atoms with Crippen molar-refractivity contribution in [2.45, 2.75) is 32.1 Å².